The van der Waals surface area contributed by atoms with E-state index in [9.17, 15) is 5.11 Å². The smallest absolute Gasteiger partial charge is 0.127 e. The Morgan fingerprint density at radius 2 is 2.10 bits per heavy atom. The molecule has 1 aromatic rings. The van der Waals surface area contributed by atoms with Crippen LogP contribution >= 0.6 is 15.9 Å². The molecule has 1 aromatic carbocycles. The van der Waals surface area contributed by atoms with Crippen molar-refractivity contribution in [2.24, 2.45) is 0 Å². The molecule has 116 valence electrons. The number of halogens is 1. The maximum atomic E-state index is 9.49. The van der Waals surface area contributed by atoms with Crippen LogP contribution in [0.1, 0.15) is 49.7 Å². The van der Waals surface area contributed by atoms with Crippen molar-refractivity contribution in [3.05, 3.63) is 27.7 Å². The van der Waals surface area contributed by atoms with Crippen LogP contribution < -0.4 is 4.74 Å². The van der Waals surface area contributed by atoms with Gasteiger partial charge in [-0.1, -0.05) is 28.8 Å². The highest BCUT2D eigenvalue weighted by atomic mass is 79.9. The van der Waals surface area contributed by atoms with E-state index in [1.165, 1.54) is 32.1 Å². The van der Waals surface area contributed by atoms with Crippen molar-refractivity contribution in [3.63, 3.8) is 0 Å². The highest BCUT2D eigenvalue weighted by molar-refractivity contribution is 9.10. The normalized spacial score (nSPS) is 23.9. The lowest BCUT2D eigenvalue weighted by Crippen LogP contribution is -2.27. The van der Waals surface area contributed by atoms with Crippen molar-refractivity contribution in [1.82, 2.24) is 0 Å². The summed E-state index contributed by atoms with van der Waals surface area (Å²) >= 11 is 3.45. The zero-order valence-electron chi connectivity index (χ0n) is 12.5. The summed E-state index contributed by atoms with van der Waals surface area (Å²) in [6.45, 7) is 2.58. The summed E-state index contributed by atoms with van der Waals surface area (Å²) in [7, 11) is 0. The van der Waals surface area contributed by atoms with E-state index >= 15 is 0 Å². The van der Waals surface area contributed by atoms with Gasteiger partial charge in [0.25, 0.3) is 0 Å². The first kappa shape index (κ1) is 15.3. The van der Waals surface area contributed by atoms with Crippen molar-refractivity contribution >= 4 is 15.9 Å². The Labute approximate surface area is 134 Å². The van der Waals surface area contributed by atoms with E-state index < -0.39 is 0 Å². The van der Waals surface area contributed by atoms with E-state index in [1.807, 2.05) is 19.1 Å². The third-order valence-electron chi connectivity index (χ3n) is 4.75. The van der Waals surface area contributed by atoms with Crippen LogP contribution in [-0.4, -0.2) is 23.4 Å². The van der Waals surface area contributed by atoms with E-state index in [0.717, 1.165) is 27.8 Å². The lowest BCUT2D eigenvalue weighted by Gasteiger charge is -2.24. The van der Waals surface area contributed by atoms with Crippen molar-refractivity contribution in [2.75, 3.05) is 6.61 Å². The summed E-state index contributed by atoms with van der Waals surface area (Å²) in [5.41, 5.74) is 2.03. The Morgan fingerprint density at radius 3 is 2.81 bits per heavy atom. The molecule has 1 unspecified atom stereocenters. The van der Waals surface area contributed by atoms with E-state index in [0.29, 0.717) is 6.61 Å². The molecular weight excluding hydrogens is 332 g/mol. The van der Waals surface area contributed by atoms with Gasteiger partial charge < -0.3 is 14.6 Å². The second-order valence-electron chi connectivity index (χ2n) is 6.35. The van der Waals surface area contributed by atoms with Crippen LogP contribution in [0.5, 0.6) is 5.75 Å². The van der Waals surface area contributed by atoms with Crippen LogP contribution in [0.3, 0.4) is 0 Å². The maximum Gasteiger partial charge on any atom is 0.127 e. The zero-order valence-corrected chi connectivity index (χ0v) is 14.1. The summed E-state index contributed by atoms with van der Waals surface area (Å²) in [5.74, 6) is 0.802. The topological polar surface area (TPSA) is 38.7 Å². The van der Waals surface area contributed by atoms with Gasteiger partial charge in [-0.05, 0) is 50.3 Å². The predicted molar refractivity (Wildman–Crippen MR) is 85.6 cm³/mol. The molecule has 2 aliphatic rings. The second-order valence-corrected chi connectivity index (χ2v) is 7.26. The molecule has 0 bridgehead atoms. The van der Waals surface area contributed by atoms with Crippen molar-refractivity contribution in [3.8, 4) is 5.75 Å². The number of hydrogen-bond acceptors (Lipinski definition) is 3. The summed E-state index contributed by atoms with van der Waals surface area (Å²) in [4.78, 5) is 0. The fourth-order valence-electron chi connectivity index (χ4n) is 3.70. The van der Waals surface area contributed by atoms with Gasteiger partial charge in [-0.25, -0.2) is 0 Å². The molecule has 0 radical (unpaired) electrons. The summed E-state index contributed by atoms with van der Waals surface area (Å²) in [5, 5.41) is 9.49. The molecule has 2 fully saturated rings. The molecule has 1 saturated carbocycles. The van der Waals surface area contributed by atoms with Gasteiger partial charge in [0.15, 0.2) is 0 Å². The first-order valence-corrected chi connectivity index (χ1v) is 8.62. The van der Waals surface area contributed by atoms with Crippen LogP contribution in [-0.2, 0) is 11.3 Å². The fraction of sp³-hybridized carbons (Fsp3) is 0.647. The van der Waals surface area contributed by atoms with E-state index in [-0.39, 0.29) is 18.3 Å². The van der Waals surface area contributed by atoms with Crippen LogP contribution in [0.4, 0.5) is 0 Å². The van der Waals surface area contributed by atoms with E-state index in [2.05, 4.69) is 15.9 Å². The van der Waals surface area contributed by atoms with Crippen molar-refractivity contribution < 1.29 is 14.6 Å². The third kappa shape index (κ3) is 3.27. The highest BCUT2D eigenvalue weighted by Crippen LogP contribution is 2.43. The third-order valence-corrected chi connectivity index (χ3v) is 5.21. The predicted octanol–water partition coefficient (Wildman–Crippen LogP) is 4.12. The lowest BCUT2D eigenvalue weighted by molar-refractivity contribution is -0.0511. The Kier molecular flexibility index (Phi) is 4.57. The molecule has 0 amide bonds. The lowest BCUT2D eigenvalue weighted by atomic mass is 9.98. The molecule has 4 heteroatoms. The highest BCUT2D eigenvalue weighted by Gasteiger charge is 2.42. The summed E-state index contributed by atoms with van der Waals surface area (Å²) in [6, 6.07) is 3.93. The first-order valence-electron chi connectivity index (χ1n) is 7.82. The fourth-order valence-corrected chi connectivity index (χ4v) is 4.32. The van der Waals surface area contributed by atoms with Gasteiger partial charge in [0.1, 0.15) is 12.4 Å². The average molecular weight is 355 g/mol. The number of aliphatic hydroxyl groups excluding tert-OH is 1. The van der Waals surface area contributed by atoms with Gasteiger partial charge in [-0.15, -0.1) is 0 Å². The molecule has 21 heavy (non-hydrogen) atoms. The molecule has 1 aliphatic heterocycles. The number of ether oxygens (including phenoxy) is 2. The number of aryl methyl sites for hydroxylation is 1. The first-order chi connectivity index (χ1) is 10.1. The van der Waals surface area contributed by atoms with Crippen molar-refractivity contribution in [2.45, 2.75) is 63.8 Å². The minimum Gasteiger partial charge on any atom is -0.490 e. The van der Waals surface area contributed by atoms with Gasteiger partial charge in [-0.2, -0.15) is 0 Å². The van der Waals surface area contributed by atoms with Gasteiger partial charge in [0.2, 0.25) is 0 Å². The largest absolute Gasteiger partial charge is 0.490 e. The summed E-state index contributed by atoms with van der Waals surface area (Å²) < 4.78 is 13.2. The number of rotatable bonds is 4. The SMILES string of the molecule is Cc1cc(Br)cc(CO)c1OCC1CCC2(CCCC2)O1. The minimum absolute atomic E-state index is 0.00885. The van der Waals surface area contributed by atoms with Crippen molar-refractivity contribution in [1.29, 1.82) is 0 Å². The molecule has 1 aliphatic carbocycles. The van der Waals surface area contributed by atoms with Gasteiger partial charge in [0.05, 0.1) is 18.3 Å². The molecular formula is C17H23BrO3. The molecule has 3 nitrogen and oxygen atoms in total. The quantitative estimate of drug-likeness (QED) is 0.883. The number of aliphatic hydroxyl groups is 1. The van der Waals surface area contributed by atoms with Crippen LogP contribution in [0.15, 0.2) is 16.6 Å². The summed E-state index contributed by atoms with van der Waals surface area (Å²) in [6.07, 6.45) is 7.47. The standard InChI is InChI=1S/C17H23BrO3/c1-12-8-14(18)9-13(10-19)16(12)20-11-15-4-7-17(21-15)5-2-3-6-17/h8-9,15,19H,2-7,10-11H2,1H3. The minimum atomic E-state index is -0.00885. The van der Waals surface area contributed by atoms with Gasteiger partial charge >= 0.3 is 0 Å². The average Bonchev–Trinajstić information content (AvgIpc) is 3.08. The number of hydrogen-bond donors (Lipinski definition) is 1. The molecule has 1 heterocycles. The Hall–Kier alpha value is -0.580. The molecule has 3 rings (SSSR count). The monoisotopic (exact) mass is 354 g/mol. The van der Waals surface area contributed by atoms with Crippen LogP contribution in [0.2, 0.25) is 0 Å². The Morgan fingerprint density at radius 1 is 1.33 bits per heavy atom. The molecule has 1 N–H and O–H groups in total. The van der Waals surface area contributed by atoms with Crippen LogP contribution in [0.25, 0.3) is 0 Å². The second kappa shape index (κ2) is 6.27. The zero-order chi connectivity index (χ0) is 14.9. The van der Waals surface area contributed by atoms with E-state index in [1.54, 1.807) is 0 Å². The van der Waals surface area contributed by atoms with Crippen LogP contribution in [0, 0.1) is 6.92 Å². The Balaban J connectivity index is 1.63. The molecule has 0 aromatic heterocycles. The molecule has 1 spiro atoms. The molecule has 1 atom stereocenters. The van der Waals surface area contributed by atoms with Gasteiger partial charge in [-0.3, -0.25) is 0 Å². The molecule has 1 saturated heterocycles. The van der Waals surface area contributed by atoms with E-state index in [4.69, 9.17) is 9.47 Å². The van der Waals surface area contributed by atoms with Gasteiger partial charge in [0, 0.05) is 10.0 Å². The Bertz CT molecular complexity index is 509. The maximum absolute atomic E-state index is 9.49. The number of benzene rings is 1.